The largest absolute Gasteiger partial charge is 0.346 e. The molecule has 0 bridgehead atoms. The van der Waals surface area contributed by atoms with Crippen molar-refractivity contribution in [1.82, 2.24) is 19.3 Å². The second-order valence-corrected chi connectivity index (χ2v) is 15.4. The average Bonchev–Trinajstić information content (AvgIpc) is 3.30. The number of hydrogen-bond donors (Lipinski definition) is 1. The number of anilines is 1. The SMILES string of the molecule is CCn1c(CCCc2ccc(-c3ccc(NS(=O)(=O)CC4C=CCC(C)C4)cn3)cc2)nn(Cc2ccc(C(C)(C)C)cc2)c1=O. The first-order valence-corrected chi connectivity index (χ1v) is 18.0. The molecule has 2 unspecified atom stereocenters. The number of nitrogens with one attached hydrogen (secondary N) is 1. The monoisotopic (exact) mass is 641 g/mol. The van der Waals surface area contributed by atoms with Crippen molar-refractivity contribution in [3.8, 4) is 11.3 Å². The van der Waals surface area contributed by atoms with Crippen molar-refractivity contribution in [2.24, 2.45) is 11.8 Å². The fourth-order valence-corrected chi connectivity index (χ4v) is 7.49. The summed E-state index contributed by atoms with van der Waals surface area (Å²) in [4.78, 5) is 17.6. The zero-order valence-corrected chi connectivity index (χ0v) is 28.6. The maximum Gasteiger partial charge on any atom is 0.346 e. The molecule has 8 nitrogen and oxygen atoms in total. The highest BCUT2D eigenvalue weighted by molar-refractivity contribution is 7.92. The molecule has 2 atom stereocenters. The third kappa shape index (κ3) is 8.63. The summed E-state index contributed by atoms with van der Waals surface area (Å²) >= 11 is 0. The zero-order valence-electron chi connectivity index (χ0n) is 27.7. The van der Waals surface area contributed by atoms with E-state index in [1.165, 1.54) is 11.1 Å². The number of rotatable bonds is 12. The number of sulfonamides is 1. The molecule has 1 aliphatic carbocycles. The lowest BCUT2D eigenvalue weighted by Crippen LogP contribution is -2.25. The Morgan fingerprint density at radius 1 is 0.957 bits per heavy atom. The minimum atomic E-state index is -3.46. The standard InChI is InChI=1S/C37H47N5O3S/c1-6-41-35(39-42(36(41)43)25-29-15-19-32(20-16-29)37(3,4)5)12-8-10-28-13-17-31(18-14-28)34-22-21-33(24-38-34)40-46(44,45)26-30-11-7-9-27(2)23-30/h7,11,13-22,24,27,30,40H,6,8-10,12,23,25-26H2,1-5H3. The number of aryl methyl sites for hydroxylation is 2. The number of allylic oxidation sites excluding steroid dienone is 2. The van der Waals surface area contributed by atoms with Crippen LogP contribution in [0, 0.1) is 11.8 Å². The van der Waals surface area contributed by atoms with Crippen molar-refractivity contribution in [1.29, 1.82) is 0 Å². The van der Waals surface area contributed by atoms with Gasteiger partial charge in [-0.25, -0.2) is 17.9 Å². The van der Waals surface area contributed by atoms with Gasteiger partial charge >= 0.3 is 5.69 Å². The van der Waals surface area contributed by atoms with Gasteiger partial charge in [-0.2, -0.15) is 5.10 Å². The van der Waals surface area contributed by atoms with Gasteiger partial charge in [0.2, 0.25) is 10.0 Å². The highest BCUT2D eigenvalue weighted by Gasteiger charge is 2.22. The summed E-state index contributed by atoms with van der Waals surface area (Å²) in [6.07, 6.45) is 10.0. The predicted octanol–water partition coefficient (Wildman–Crippen LogP) is 6.99. The van der Waals surface area contributed by atoms with Gasteiger partial charge in [0.15, 0.2) is 0 Å². The Hall–Kier alpha value is -3.98. The minimum Gasteiger partial charge on any atom is -0.282 e. The average molecular weight is 642 g/mol. The summed E-state index contributed by atoms with van der Waals surface area (Å²) in [7, 11) is -3.46. The van der Waals surface area contributed by atoms with Crippen LogP contribution in [0.3, 0.4) is 0 Å². The van der Waals surface area contributed by atoms with Crippen LogP contribution in [0.1, 0.15) is 76.4 Å². The maximum absolute atomic E-state index is 13.1. The Labute approximate surface area is 273 Å². The van der Waals surface area contributed by atoms with Gasteiger partial charge in [-0.1, -0.05) is 88.4 Å². The van der Waals surface area contributed by atoms with Crippen molar-refractivity contribution in [3.05, 3.63) is 112 Å². The van der Waals surface area contributed by atoms with E-state index in [1.54, 1.807) is 21.5 Å². The first-order chi connectivity index (χ1) is 21.9. The molecule has 0 radical (unpaired) electrons. The van der Waals surface area contributed by atoms with E-state index in [9.17, 15) is 13.2 Å². The van der Waals surface area contributed by atoms with Crippen molar-refractivity contribution >= 4 is 15.7 Å². The van der Waals surface area contributed by atoms with E-state index in [2.05, 4.69) is 79.9 Å². The molecule has 46 heavy (non-hydrogen) atoms. The van der Waals surface area contributed by atoms with Gasteiger partial charge in [-0.05, 0) is 78.7 Å². The third-order valence-corrected chi connectivity index (χ3v) is 10.1. The van der Waals surface area contributed by atoms with E-state index < -0.39 is 10.0 Å². The molecule has 0 fully saturated rings. The van der Waals surface area contributed by atoms with Crippen molar-refractivity contribution in [2.75, 3.05) is 10.5 Å². The van der Waals surface area contributed by atoms with E-state index in [1.807, 2.05) is 31.2 Å². The van der Waals surface area contributed by atoms with Gasteiger partial charge in [-0.3, -0.25) is 14.3 Å². The molecular formula is C37H47N5O3S. The molecule has 2 aromatic heterocycles. The molecule has 0 aliphatic heterocycles. The van der Waals surface area contributed by atoms with Gasteiger partial charge in [0.25, 0.3) is 0 Å². The number of nitrogens with zero attached hydrogens (tertiary/aromatic N) is 4. The van der Waals surface area contributed by atoms with Gasteiger partial charge in [0, 0.05) is 18.5 Å². The van der Waals surface area contributed by atoms with Crippen LogP contribution in [-0.2, 0) is 41.4 Å². The molecule has 9 heteroatoms. The van der Waals surface area contributed by atoms with Gasteiger partial charge in [-0.15, -0.1) is 0 Å². The van der Waals surface area contributed by atoms with E-state index in [4.69, 9.17) is 5.10 Å². The maximum atomic E-state index is 13.1. The Morgan fingerprint density at radius 3 is 2.30 bits per heavy atom. The summed E-state index contributed by atoms with van der Waals surface area (Å²) in [6.45, 7) is 11.8. The third-order valence-electron chi connectivity index (χ3n) is 8.71. The fourth-order valence-electron chi connectivity index (χ4n) is 6.11. The lowest BCUT2D eigenvalue weighted by atomic mass is 9.87. The highest BCUT2D eigenvalue weighted by atomic mass is 32.2. The van der Waals surface area contributed by atoms with Crippen LogP contribution < -0.4 is 10.4 Å². The molecule has 0 saturated heterocycles. The number of benzene rings is 2. The van der Waals surface area contributed by atoms with Crippen molar-refractivity contribution in [2.45, 2.75) is 85.2 Å². The van der Waals surface area contributed by atoms with Crippen LogP contribution in [0.25, 0.3) is 11.3 Å². The molecule has 0 spiro atoms. The predicted molar refractivity (Wildman–Crippen MR) is 187 cm³/mol. The number of pyridine rings is 1. The molecule has 5 rings (SSSR count). The Balaban J connectivity index is 1.14. The summed E-state index contributed by atoms with van der Waals surface area (Å²) in [5, 5.41) is 4.71. The molecule has 0 amide bonds. The van der Waals surface area contributed by atoms with Gasteiger partial charge in [0.05, 0.1) is 29.9 Å². The van der Waals surface area contributed by atoms with Crippen LogP contribution in [0.2, 0.25) is 0 Å². The molecule has 2 aromatic carbocycles. The molecule has 2 heterocycles. The van der Waals surface area contributed by atoms with E-state index >= 15 is 0 Å². The van der Waals surface area contributed by atoms with Gasteiger partial charge < -0.3 is 0 Å². The second-order valence-electron chi connectivity index (χ2n) is 13.7. The van der Waals surface area contributed by atoms with E-state index in [-0.39, 0.29) is 22.8 Å². The first-order valence-electron chi connectivity index (χ1n) is 16.4. The van der Waals surface area contributed by atoms with Crippen molar-refractivity contribution < 1.29 is 8.42 Å². The summed E-state index contributed by atoms with van der Waals surface area (Å²) in [5.74, 6) is 1.46. The van der Waals surface area contributed by atoms with Crippen LogP contribution in [0.4, 0.5) is 5.69 Å². The molecular weight excluding hydrogens is 595 g/mol. The zero-order chi connectivity index (χ0) is 32.9. The van der Waals surface area contributed by atoms with E-state index in [0.29, 0.717) is 24.7 Å². The Bertz CT molecular complexity index is 1800. The topological polar surface area (TPSA) is 98.9 Å². The minimum absolute atomic E-state index is 0.0444. The van der Waals surface area contributed by atoms with Crippen LogP contribution >= 0.6 is 0 Å². The Kier molecular flexibility index (Phi) is 10.3. The summed E-state index contributed by atoms with van der Waals surface area (Å²) < 4.78 is 31.5. The Morgan fingerprint density at radius 2 is 1.67 bits per heavy atom. The quantitative estimate of drug-likeness (QED) is 0.168. The fraction of sp³-hybridized carbons (Fsp3) is 0.432. The summed E-state index contributed by atoms with van der Waals surface area (Å²) in [6, 6.07) is 20.3. The number of hydrogen-bond acceptors (Lipinski definition) is 5. The number of aromatic nitrogens is 4. The highest BCUT2D eigenvalue weighted by Crippen LogP contribution is 2.26. The van der Waals surface area contributed by atoms with Crippen molar-refractivity contribution in [3.63, 3.8) is 0 Å². The van der Waals surface area contributed by atoms with E-state index in [0.717, 1.165) is 54.7 Å². The lowest BCUT2D eigenvalue weighted by Gasteiger charge is -2.21. The first kappa shape index (κ1) is 33.4. The molecule has 4 aromatic rings. The van der Waals surface area contributed by atoms with Crippen LogP contribution in [0.15, 0.2) is 83.8 Å². The summed E-state index contributed by atoms with van der Waals surface area (Å²) in [5.41, 5.74) is 5.77. The van der Waals surface area contributed by atoms with Crippen LogP contribution in [-0.4, -0.2) is 33.5 Å². The normalized spacial score (nSPS) is 16.9. The molecule has 1 N–H and O–H groups in total. The molecule has 0 saturated carbocycles. The molecule has 244 valence electrons. The smallest absolute Gasteiger partial charge is 0.282 e. The molecule has 1 aliphatic rings. The van der Waals surface area contributed by atoms with Gasteiger partial charge in [0.1, 0.15) is 5.82 Å². The lowest BCUT2D eigenvalue weighted by molar-refractivity contribution is 0.447. The second kappa shape index (κ2) is 14.2. The van der Waals surface area contributed by atoms with Crippen LogP contribution in [0.5, 0.6) is 0 Å².